The summed E-state index contributed by atoms with van der Waals surface area (Å²) in [5.74, 6) is -1.77. The van der Waals surface area contributed by atoms with Gasteiger partial charge in [-0.25, -0.2) is 8.42 Å². The largest absolute Gasteiger partial charge is 0.481 e. The molecule has 0 aromatic carbocycles. The predicted octanol–water partition coefficient (Wildman–Crippen LogP) is 0.0505. The maximum absolute atomic E-state index is 12.4. The number of aromatic nitrogens is 1. The summed E-state index contributed by atoms with van der Waals surface area (Å²) < 4.78 is 30.7. The summed E-state index contributed by atoms with van der Waals surface area (Å²) in [5, 5.41) is 12.4. The molecule has 0 aliphatic carbocycles. The van der Waals surface area contributed by atoms with Crippen LogP contribution in [0.15, 0.2) is 9.42 Å². The molecule has 106 valence electrons. The molecule has 2 heterocycles. The number of aryl methyl sites for hydroxylation is 1. The number of nitrogen functional groups attached to an aromatic ring is 1. The number of sulfonamides is 1. The van der Waals surface area contributed by atoms with Crippen molar-refractivity contribution in [2.45, 2.75) is 24.7 Å². The molecule has 19 heavy (non-hydrogen) atoms. The third-order valence-electron chi connectivity index (χ3n) is 3.16. The lowest BCUT2D eigenvalue weighted by Gasteiger charge is -2.29. The molecule has 8 nitrogen and oxygen atoms in total. The molecule has 1 atom stereocenters. The monoisotopic (exact) mass is 289 g/mol. The first-order chi connectivity index (χ1) is 8.84. The number of hydrogen-bond acceptors (Lipinski definition) is 6. The topological polar surface area (TPSA) is 127 Å². The van der Waals surface area contributed by atoms with Gasteiger partial charge in [0.15, 0.2) is 16.5 Å². The molecule has 0 saturated carbocycles. The zero-order valence-corrected chi connectivity index (χ0v) is 11.2. The average molecular weight is 289 g/mol. The van der Waals surface area contributed by atoms with Gasteiger partial charge in [0, 0.05) is 13.1 Å². The molecule has 3 N–H and O–H groups in total. The number of anilines is 1. The summed E-state index contributed by atoms with van der Waals surface area (Å²) in [5.41, 5.74) is 5.50. The van der Waals surface area contributed by atoms with Crippen molar-refractivity contribution in [2.24, 2.45) is 5.92 Å². The van der Waals surface area contributed by atoms with Gasteiger partial charge in [-0.2, -0.15) is 4.31 Å². The molecule has 1 unspecified atom stereocenters. The number of rotatable bonds is 3. The summed E-state index contributed by atoms with van der Waals surface area (Å²) in [7, 11) is -3.86. The minimum atomic E-state index is -3.86. The lowest BCUT2D eigenvalue weighted by molar-refractivity contribution is -0.142. The molecule has 1 saturated heterocycles. The minimum absolute atomic E-state index is 0.0538. The van der Waals surface area contributed by atoms with E-state index in [-0.39, 0.29) is 29.6 Å². The van der Waals surface area contributed by atoms with Gasteiger partial charge in [0.2, 0.25) is 10.0 Å². The number of aliphatic carboxylic acids is 1. The zero-order chi connectivity index (χ0) is 14.2. The van der Waals surface area contributed by atoms with Gasteiger partial charge in [-0.3, -0.25) is 4.79 Å². The molecule has 9 heteroatoms. The van der Waals surface area contributed by atoms with Gasteiger partial charge in [-0.15, -0.1) is 0 Å². The second-order valence-electron chi connectivity index (χ2n) is 4.49. The van der Waals surface area contributed by atoms with Crippen LogP contribution in [0.5, 0.6) is 0 Å². The van der Waals surface area contributed by atoms with E-state index in [9.17, 15) is 13.2 Å². The van der Waals surface area contributed by atoms with Crippen LogP contribution >= 0.6 is 0 Å². The van der Waals surface area contributed by atoms with E-state index in [0.29, 0.717) is 12.8 Å². The van der Waals surface area contributed by atoms with Crippen LogP contribution in [0.4, 0.5) is 5.82 Å². The summed E-state index contributed by atoms with van der Waals surface area (Å²) in [4.78, 5) is 10.8. The van der Waals surface area contributed by atoms with Gasteiger partial charge in [0.05, 0.1) is 5.92 Å². The van der Waals surface area contributed by atoms with E-state index in [2.05, 4.69) is 5.16 Å². The van der Waals surface area contributed by atoms with Crippen molar-refractivity contribution in [1.82, 2.24) is 9.46 Å². The van der Waals surface area contributed by atoms with E-state index >= 15 is 0 Å². The normalized spacial score (nSPS) is 21.4. The van der Waals surface area contributed by atoms with E-state index in [1.165, 1.54) is 6.92 Å². The molecule has 0 radical (unpaired) electrons. The van der Waals surface area contributed by atoms with Crippen molar-refractivity contribution in [3.8, 4) is 0 Å². The van der Waals surface area contributed by atoms with Crippen LogP contribution in [0.25, 0.3) is 0 Å². The number of nitrogens with zero attached hydrogens (tertiary/aromatic N) is 2. The molecule has 0 amide bonds. The van der Waals surface area contributed by atoms with Crippen LogP contribution in [0, 0.1) is 12.8 Å². The fourth-order valence-electron chi connectivity index (χ4n) is 2.19. The van der Waals surface area contributed by atoms with E-state index in [0.717, 1.165) is 4.31 Å². The first-order valence-electron chi connectivity index (χ1n) is 5.78. The van der Waals surface area contributed by atoms with Gasteiger partial charge in [-0.1, -0.05) is 5.16 Å². The number of nitrogens with two attached hydrogens (primary N) is 1. The molecule has 2 rings (SSSR count). The van der Waals surface area contributed by atoms with E-state index in [1.807, 2.05) is 0 Å². The van der Waals surface area contributed by atoms with Gasteiger partial charge in [0.1, 0.15) is 0 Å². The van der Waals surface area contributed by atoms with E-state index < -0.39 is 21.9 Å². The van der Waals surface area contributed by atoms with Crippen molar-refractivity contribution < 1.29 is 22.8 Å². The van der Waals surface area contributed by atoms with Crippen molar-refractivity contribution in [2.75, 3.05) is 18.8 Å². The fourth-order valence-corrected chi connectivity index (χ4v) is 3.89. The lowest BCUT2D eigenvalue weighted by Crippen LogP contribution is -2.42. The van der Waals surface area contributed by atoms with Crippen molar-refractivity contribution in [1.29, 1.82) is 0 Å². The molecule has 1 aromatic heterocycles. The van der Waals surface area contributed by atoms with Crippen LogP contribution < -0.4 is 5.73 Å². The molecule has 1 aromatic rings. The summed E-state index contributed by atoms with van der Waals surface area (Å²) >= 11 is 0. The highest BCUT2D eigenvalue weighted by molar-refractivity contribution is 7.89. The Morgan fingerprint density at radius 2 is 2.26 bits per heavy atom. The molecule has 1 fully saturated rings. The Labute approximate surface area is 110 Å². The highest BCUT2D eigenvalue weighted by atomic mass is 32.2. The molecular weight excluding hydrogens is 274 g/mol. The van der Waals surface area contributed by atoms with Crippen molar-refractivity contribution >= 4 is 21.8 Å². The number of carbonyl (C=O) groups is 1. The van der Waals surface area contributed by atoms with Crippen LogP contribution in [-0.4, -0.2) is 42.0 Å². The highest BCUT2D eigenvalue weighted by Gasteiger charge is 2.36. The molecular formula is C10H15N3O5S. The average Bonchev–Trinajstić information content (AvgIpc) is 2.69. The van der Waals surface area contributed by atoms with Crippen molar-refractivity contribution in [3.63, 3.8) is 0 Å². The minimum Gasteiger partial charge on any atom is -0.481 e. The lowest BCUT2D eigenvalue weighted by atomic mass is 10.0. The Hall–Kier alpha value is -1.61. The number of carboxylic acid groups (broad SMARTS) is 1. The quantitative estimate of drug-likeness (QED) is 0.804. The van der Waals surface area contributed by atoms with E-state index in [1.54, 1.807) is 0 Å². The predicted molar refractivity (Wildman–Crippen MR) is 64.8 cm³/mol. The van der Waals surface area contributed by atoms with Crippen molar-refractivity contribution in [3.05, 3.63) is 5.76 Å². The maximum atomic E-state index is 12.4. The van der Waals surface area contributed by atoms with Gasteiger partial charge < -0.3 is 15.4 Å². The third kappa shape index (κ3) is 2.43. The number of carboxylic acids is 1. The molecule has 0 bridgehead atoms. The van der Waals surface area contributed by atoms with Crippen LogP contribution in [0.3, 0.4) is 0 Å². The van der Waals surface area contributed by atoms with Gasteiger partial charge in [0.25, 0.3) is 0 Å². The first-order valence-corrected chi connectivity index (χ1v) is 7.22. The summed E-state index contributed by atoms with van der Waals surface area (Å²) in [6.07, 6.45) is 0.972. The number of piperidine rings is 1. The Bertz CT molecular complexity index is 575. The zero-order valence-electron chi connectivity index (χ0n) is 10.4. The standard InChI is InChI=1S/C10H15N3O5S/c1-6-8(9(11)12-18-6)19(16,17)13-4-2-3-7(5-13)10(14)15/h7H,2-5H2,1H3,(H2,11,12)(H,14,15). The molecule has 1 aliphatic rings. The smallest absolute Gasteiger partial charge is 0.307 e. The highest BCUT2D eigenvalue weighted by Crippen LogP contribution is 2.28. The molecule has 0 spiro atoms. The Morgan fingerprint density at radius 3 is 2.79 bits per heavy atom. The SMILES string of the molecule is Cc1onc(N)c1S(=O)(=O)N1CCCC(C(=O)O)C1. The third-order valence-corrected chi connectivity index (χ3v) is 5.19. The summed E-state index contributed by atoms with van der Waals surface area (Å²) in [6.45, 7) is 1.67. The second kappa shape index (κ2) is 4.82. The number of hydrogen-bond donors (Lipinski definition) is 2. The Kier molecular flexibility index (Phi) is 3.50. The van der Waals surface area contributed by atoms with Gasteiger partial charge in [-0.05, 0) is 19.8 Å². The fraction of sp³-hybridized carbons (Fsp3) is 0.600. The second-order valence-corrected chi connectivity index (χ2v) is 6.37. The molecule has 1 aliphatic heterocycles. The van der Waals surface area contributed by atoms with E-state index in [4.69, 9.17) is 15.4 Å². The van der Waals surface area contributed by atoms with Crippen LogP contribution in [-0.2, 0) is 14.8 Å². The van der Waals surface area contributed by atoms with Crippen LogP contribution in [0.2, 0.25) is 0 Å². The van der Waals surface area contributed by atoms with Crippen LogP contribution in [0.1, 0.15) is 18.6 Å². The Balaban J connectivity index is 2.32. The first kappa shape index (κ1) is 13.8. The Morgan fingerprint density at radius 1 is 1.58 bits per heavy atom. The summed E-state index contributed by atoms with van der Waals surface area (Å²) in [6, 6.07) is 0. The van der Waals surface area contributed by atoms with Gasteiger partial charge >= 0.3 is 5.97 Å². The maximum Gasteiger partial charge on any atom is 0.307 e.